The topological polar surface area (TPSA) is 122 Å². The van der Waals surface area contributed by atoms with Crippen molar-refractivity contribution in [3.05, 3.63) is 22.7 Å². The van der Waals surface area contributed by atoms with Crippen molar-refractivity contribution in [2.24, 2.45) is 0 Å². The van der Waals surface area contributed by atoms with Crippen molar-refractivity contribution >= 4 is 17.6 Å². The maximum absolute atomic E-state index is 11.5. The van der Waals surface area contributed by atoms with Crippen LogP contribution in [-0.2, 0) is 0 Å². The molecule has 1 rings (SSSR count). The third-order valence-electron chi connectivity index (χ3n) is 2.07. The summed E-state index contributed by atoms with van der Waals surface area (Å²) >= 11 is 1.10. The second kappa shape index (κ2) is 6.60. The second-order valence-electron chi connectivity index (χ2n) is 3.30. The Balaban J connectivity index is 2.89. The molecule has 0 fully saturated rings. The van der Waals surface area contributed by atoms with Gasteiger partial charge in [0.25, 0.3) is 0 Å². The van der Waals surface area contributed by atoms with E-state index in [2.05, 4.69) is 4.98 Å². The molecule has 0 radical (unpaired) electrons. The molecule has 1 heterocycles. The molecule has 1 unspecified atom stereocenters. The number of aliphatic hydroxyl groups excluding tert-OH is 3. The van der Waals surface area contributed by atoms with Crippen LogP contribution in [0.3, 0.4) is 0 Å². The van der Waals surface area contributed by atoms with Gasteiger partial charge in [-0.05, 0) is 6.07 Å². The average molecular weight is 261 g/mol. The molecule has 96 valence electrons. The number of hydrogen-bond acceptors (Lipinski definition) is 7. The quantitative estimate of drug-likeness (QED) is 0.486. The maximum atomic E-state index is 11.5. The zero-order chi connectivity index (χ0) is 12.8. The molecular weight excluding hydrogens is 246 g/mol. The summed E-state index contributed by atoms with van der Waals surface area (Å²) in [5, 5.41) is 26.0. The van der Waals surface area contributed by atoms with Crippen molar-refractivity contribution in [3.63, 3.8) is 0 Å². The van der Waals surface area contributed by atoms with Crippen LogP contribution in [-0.4, -0.2) is 49.9 Å². The molecule has 7 nitrogen and oxygen atoms in total. The Morgan fingerprint density at radius 2 is 2.00 bits per heavy atom. The lowest BCUT2D eigenvalue weighted by molar-refractivity contribution is 0.225. The van der Waals surface area contributed by atoms with E-state index in [4.69, 9.17) is 15.9 Å². The first-order valence-electron chi connectivity index (χ1n) is 4.95. The van der Waals surface area contributed by atoms with E-state index in [1.54, 1.807) is 0 Å². The van der Waals surface area contributed by atoms with Crippen molar-refractivity contribution < 1.29 is 15.3 Å². The van der Waals surface area contributed by atoms with Gasteiger partial charge in [0, 0.05) is 6.20 Å². The Kier molecular flexibility index (Phi) is 5.42. The number of aliphatic hydroxyl groups is 3. The average Bonchev–Trinajstić information content (AvgIpc) is 2.32. The van der Waals surface area contributed by atoms with Crippen LogP contribution >= 0.6 is 11.8 Å². The smallest absolute Gasteiger partial charge is 0.350 e. The van der Waals surface area contributed by atoms with Gasteiger partial charge in [-0.25, -0.2) is 4.79 Å². The number of nitrogens with zero attached hydrogens (tertiary/aromatic N) is 2. The highest BCUT2D eigenvalue weighted by atomic mass is 32.2. The standard InChI is InChI=1S/C9H15N3O4S/c10-7-1-2-12(9(16)11-7)8(5-15)17-6(3-13)4-14/h1-2,6,8,13-15H,3-5H2,(H2,10,11,16). The van der Waals surface area contributed by atoms with Gasteiger partial charge in [-0.15, -0.1) is 11.8 Å². The molecule has 0 saturated heterocycles. The highest BCUT2D eigenvalue weighted by molar-refractivity contribution is 8.00. The largest absolute Gasteiger partial charge is 0.395 e. The van der Waals surface area contributed by atoms with E-state index in [9.17, 15) is 9.90 Å². The Bertz CT molecular complexity index is 407. The lowest BCUT2D eigenvalue weighted by Gasteiger charge is -2.20. The Morgan fingerprint density at radius 1 is 1.35 bits per heavy atom. The number of nitrogens with two attached hydrogens (primary N) is 1. The van der Waals surface area contributed by atoms with Gasteiger partial charge in [0.15, 0.2) is 0 Å². The molecular formula is C9H15N3O4S. The molecule has 0 aliphatic heterocycles. The van der Waals surface area contributed by atoms with Crippen LogP contribution < -0.4 is 11.4 Å². The van der Waals surface area contributed by atoms with Crippen molar-refractivity contribution in [3.8, 4) is 0 Å². The van der Waals surface area contributed by atoms with Crippen molar-refractivity contribution in [2.45, 2.75) is 10.6 Å². The fraction of sp³-hybridized carbons (Fsp3) is 0.556. The van der Waals surface area contributed by atoms with Gasteiger partial charge < -0.3 is 21.1 Å². The number of thioether (sulfide) groups is 1. The zero-order valence-corrected chi connectivity index (χ0v) is 9.88. The minimum absolute atomic E-state index is 0.105. The molecule has 17 heavy (non-hydrogen) atoms. The molecule has 8 heteroatoms. The monoisotopic (exact) mass is 261 g/mol. The van der Waals surface area contributed by atoms with Gasteiger partial charge in [0.1, 0.15) is 11.2 Å². The Morgan fingerprint density at radius 3 is 2.47 bits per heavy atom. The third-order valence-corrected chi connectivity index (χ3v) is 3.45. The second-order valence-corrected chi connectivity index (χ2v) is 4.79. The highest BCUT2D eigenvalue weighted by Crippen LogP contribution is 2.25. The molecule has 1 atom stereocenters. The minimum atomic E-state index is -0.611. The maximum Gasteiger partial charge on any atom is 0.350 e. The third kappa shape index (κ3) is 3.70. The zero-order valence-electron chi connectivity index (χ0n) is 9.06. The number of nitrogen functional groups attached to an aromatic ring is 1. The van der Waals surface area contributed by atoms with Gasteiger partial charge in [0.05, 0.1) is 25.1 Å². The number of rotatable bonds is 6. The van der Waals surface area contributed by atoms with E-state index in [-0.39, 0.29) is 25.6 Å². The first kappa shape index (κ1) is 14.0. The Hall–Kier alpha value is -1.09. The summed E-state index contributed by atoms with van der Waals surface area (Å²) in [4.78, 5) is 15.1. The van der Waals surface area contributed by atoms with Gasteiger partial charge in [-0.1, -0.05) is 0 Å². The Labute approximate surface area is 102 Å². The van der Waals surface area contributed by atoms with E-state index in [0.717, 1.165) is 11.8 Å². The molecule has 0 aliphatic rings. The molecule has 0 amide bonds. The molecule has 0 aliphatic carbocycles. The summed E-state index contributed by atoms with van der Waals surface area (Å²) in [7, 11) is 0. The predicted octanol–water partition coefficient (Wildman–Crippen LogP) is -1.60. The molecule has 0 aromatic carbocycles. The van der Waals surface area contributed by atoms with Crippen LogP contribution in [0.5, 0.6) is 0 Å². The van der Waals surface area contributed by atoms with Crippen LogP contribution in [0.4, 0.5) is 5.82 Å². The van der Waals surface area contributed by atoms with Crippen molar-refractivity contribution in [1.82, 2.24) is 9.55 Å². The summed E-state index contributed by atoms with van der Waals surface area (Å²) < 4.78 is 1.21. The van der Waals surface area contributed by atoms with E-state index in [1.165, 1.54) is 16.8 Å². The van der Waals surface area contributed by atoms with Gasteiger partial charge in [-0.3, -0.25) is 4.57 Å². The molecule has 0 saturated carbocycles. The predicted molar refractivity (Wildman–Crippen MR) is 64.6 cm³/mol. The van der Waals surface area contributed by atoms with Crippen LogP contribution in [0, 0.1) is 0 Å². The van der Waals surface area contributed by atoms with Crippen LogP contribution in [0.15, 0.2) is 17.1 Å². The summed E-state index contributed by atoms with van der Waals surface area (Å²) in [6, 6.07) is 1.44. The fourth-order valence-electron chi connectivity index (χ4n) is 1.21. The molecule has 0 bridgehead atoms. The van der Waals surface area contributed by atoms with Gasteiger partial charge >= 0.3 is 5.69 Å². The van der Waals surface area contributed by atoms with Crippen LogP contribution in [0.2, 0.25) is 0 Å². The molecule has 5 N–H and O–H groups in total. The van der Waals surface area contributed by atoms with E-state index < -0.39 is 16.3 Å². The van der Waals surface area contributed by atoms with E-state index in [0.29, 0.717) is 0 Å². The molecule has 1 aromatic rings. The van der Waals surface area contributed by atoms with Crippen molar-refractivity contribution in [2.75, 3.05) is 25.6 Å². The van der Waals surface area contributed by atoms with Gasteiger partial charge in [-0.2, -0.15) is 4.98 Å². The summed E-state index contributed by atoms with van der Waals surface area (Å²) in [6.07, 6.45) is 1.42. The van der Waals surface area contributed by atoms with Gasteiger partial charge in [0.2, 0.25) is 0 Å². The summed E-state index contributed by atoms with van der Waals surface area (Å²) in [6.45, 7) is -0.795. The van der Waals surface area contributed by atoms with Crippen LogP contribution in [0.25, 0.3) is 0 Å². The SMILES string of the molecule is Nc1ccn(C(CO)SC(CO)CO)c(=O)n1. The first-order valence-corrected chi connectivity index (χ1v) is 5.89. The summed E-state index contributed by atoms with van der Waals surface area (Å²) in [5.41, 5.74) is 4.77. The number of anilines is 1. The number of aromatic nitrogens is 2. The van der Waals surface area contributed by atoms with Crippen LogP contribution in [0.1, 0.15) is 5.37 Å². The lowest BCUT2D eigenvalue weighted by Crippen LogP contribution is -2.29. The molecule has 1 aromatic heterocycles. The first-order chi connectivity index (χ1) is 8.12. The summed E-state index contributed by atoms with van der Waals surface area (Å²) in [5.74, 6) is 0.105. The number of hydrogen-bond donors (Lipinski definition) is 4. The molecule has 0 spiro atoms. The highest BCUT2D eigenvalue weighted by Gasteiger charge is 2.18. The lowest BCUT2D eigenvalue weighted by atomic mass is 10.5. The van der Waals surface area contributed by atoms with E-state index in [1.807, 2.05) is 0 Å². The fourth-order valence-corrected chi connectivity index (χ4v) is 2.20. The minimum Gasteiger partial charge on any atom is -0.395 e. The van der Waals surface area contributed by atoms with E-state index >= 15 is 0 Å². The van der Waals surface area contributed by atoms with Crippen molar-refractivity contribution in [1.29, 1.82) is 0 Å². The normalized spacial score (nSPS) is 12.9.